The molecule has 0 bridgehead atoms. The molecule has 0 aliphatic rings. The van der Waals surface area contributed by atoms with E-state index in [0.29, 0.717) is 0 Å². The summed E-state index contributed by atoms with van der Waals surface area (Å²) in [7, 11) is 0. The lowest BCUT2D eigenvalue weighted by Crippen LogP contribution is -2.38. The minimum absolute atomic E-state index is 0.887. The molecule has 1 heterocycles. The highest BCUT2D eigenvalue weighted by Gasteiger charge is 2.03. The minimum atomic E-state index is 0.887. The number of nitrogens with one attached hydrogen (secondary N) is 3. The number of hydrogen-bond donors (Lipinski definition) is 3. The van der Waals surface area contributed by atoms with Gasteiger partial charge in [0.15, 0.2) is 5.96 Å². The number of thioether (sulfide) groups is 1. The van der Waals surface area contributed by atoms with Crippen LogP contribution in [0.4, 0.5) is 0 Å². The van der Waals surface area contributed by atoms with Crippen LogP contribution in [-0.2, 0) is 6.42 Å². The zero-order chi connectivity index (χ0) is 16.3. The summed E-state index contributed by atoms with van der Waals surface area (Å²) in [5.41, 5.74) is 2.56. The van der Waals surface area contributed by atoms with Crippen molar-refractivity contribution in [2.24, 2.45) is 4.99 Å². The molecule has 0 amide bonds. The number of unbranched alkanes of at least 4 members (excludes halogenated alkanes) is 1. The Kier molecular flexibility index (Phi) is 7.87. The maximum atomic E-state index is 4.64. The van der Waals surface area contributed by atoms with Crippen molar-refractivity contribution in [3.63, 3.8) is 0 Å². The van der Waals surface area contributed by atoms with Gasteiger partial charge >= 0.3 is 0 Å². The molecule has 126 valence electrons. The van der Waals surface area contributed by atoms with E-state index in [1.165, 1.54) is 28.6 Å². The highest BCUT2D eigenvalue weighted by molar-refractivity contribution is 7.98. The van der Waals surface area contributed by atoms with Gasteiger partial charge in [0.05, 0.1) is 0 Å². The Morgan fingerprint density at radius 2 is 2.09 bits per heavy atom. The van der Waals surface area contributed by atoms with E-state index in [9.17, 15) is 0 Å². The predicted octanol–water partition coefficient (Wildman–Crippen LogP) is 3.41. The van der Waals surface area contributed by atoms with Crippen molar-refractivity contribution in [2.45, 2.75) is 26.2 Å². The van der Waals surface area contributed by atoms with Gasteiger partial charge in [-0.15, -0.1) is 0 Å². The third-order valence-corrected chi connectivity index (χ3v) is 4.43. The summed E-state index contributed by atoms with van der Waals surface area (Å²) in [6, 6.07) is 8.44. The van der Waals surface area contributed by atoms with Gasteiger partial charge in [-0.05, 0) is 49.8 Å². The molecule has 0 unspecified atom stereocenters. The Bertz CT molecular complexity index is 606. The van der Waals surface area contributed by atoms with Crippen molar-refractivity contribution >= 4 is 28.6 Å². The van der Waals surface area contributed by atoms with Crippen LogP contribution in [0.2, 0.25) is 0 Å². The molecule has 1 aromatic carbocycles. The van der Waals surface area contributed by atoms with Crippen LogP contribution in [0.25, 0.3) is 10.9 Å². The van der Waals surface area contributed by atoms with Gasteiger partial charge < -0.3 is 15.6 Å². The van der Waals surface area contributed by atoms with E-state index >= 15 is 0 Å². The highest BCUT2D eigenvalue weighted by Crippen LogP contribution is 2.17. The minimum Gasteiger partial charge on any atom is -0.361 e. The molecule has 0 radical (unpaired) electrons. The first kappa shape index (κ1) is 17.7. The molecule has 0 atom stereocenters. The fourth-order valence-electron chi connectivity index (χ4n) is 2.54. The lowest BCUT2D eigenvalue weighted by molar-refractivity contribution is 0.771. The van der Waals surface area contributed by atoms with Crippen molar-refractivity contribution in [1.82, 2.24) is 15.6 Å². The number of para-hydroxylation sites is 1. The van der Waals surface area contributed by atoms with Gasteiger partial charge in [0.1, 0.15) is 0 Å². The van der Waals surface area contributed by atoms with E-state index < -0.39 is 0 Å². The van der Waals surface area contributed by atoms with Crippen LogP contribution in [-0.4, -0.2) is 42.6 Å². The van der Waals surface area contributed by atoms with Crippen molar-refractivity contribution in [3.8, 4) is 0 Å². The first-order valence-corrected chi connectivity index (χ1v) is 9.80. The standard InChI is InChI=1S/C18H28N4S/c1-3-19-18(20-11-6-7-13-23-2)21-12-10-15-14-22-17-9-5-4-8-16(15)17/h4-5,8-9,14,22H,3,6-7,10-13H2,1-2H3,(H2,19,20,21). The van der Waals surface area contributed by atoms with Gasteiger partial charge in [0.2, 0.25) is 0 Å². The summed E-state index contributed by atoms with van der Waals surface area (Å²) in [6.07, 6.45) is 7.64. The van der Waals surface area contributed by atoms with Crippen LogP contribution in [0, 0.1) is 0 Å². The summed E-state index contributed by atoms with van der Waals surface area (Å²) in [6.45, 7) is 4.77. The van der Waals surface area contributed by atoms with Crippen molar-refractivity contribution in [3.05, 3.63) is 36.0 Å². The number of guanidine groups is 1. The number of benzene rings is 1. The van der Waals surface area contributed by atoms with E-state index in [1.807, 2.05) is 11.8 Å². The molecule has 23 heavy (non-hydrogen) atoms. The largest absolute Gasteiger partial charge is 0.361 e. The SMILES string of the molecule is CCNC(=NCCCCSC)NCCc1c[nH]c2ccccc12. The lowest BCUT2D eigenvalue weighted by Gasteiger charge is -2.11. The Labute approximate surface area is 143 Å². The number of H-pyrrole nitrogens is 1. The molecule has 5 heteroatoms. The molecule has 4 nitrogen and oxygen atoms in total. The average molecular weight is 333 g/mol. The molecular formula is C18H28N4S. The van der Waals surface area contributed by atoms with Crippen LogP contribution >= 0.6 is 11.8 Å². The number of aliphatic imine (C=N–C) groups is 1. The molecule has 0 saturated carbocycles. The van der Waals surface area contributed by atoms with Gasteiger partial charge in [-0.25, -0.2) is 0 Å². The van der Waals surface area contributed by atoms with Crippen molar-refractivity contribution in [1.29, 1.82) is 0 Å². The van der Waals surface area contributed by atoms with Crippen LogP contribution in [0.1, 0.15) is 25.3 Å². The second-order valence-corrected chi connectivity index (χ2v) is 6.48. The molecular weight excluding hydrogens is 304 g/mol. The van der Waals surface area contributed by atoms with Gasteiger partial charge in [-0.2, -0.15) is 11.8 Å². The molecule has 1 aromatic heterocycles. The quantitative estimate of drug-likeness (QED) is 0.375. The van der Waals surface area contributed by atoms with E-state index in [2.05, 4.69) is 64.3 Å². The Hall–Kier alpha value is -1.62. The topological polar surface area (TPSA) is 52.2 Å². The zero-order valence-corrected chi connectivity index (χ0v) is 15.0. The summed E-state index contributed by atoms with van der Waals surface area (Å²) < 4.78 is 0. The number of hydrogen-bond acceptors (Lipinski definition) is 2. The second kappa shape index (κ2) is 10.2. The van der Waals surface area contributed by atoms with E-state index in [1.54, 1.807) is 0 Å². The molecule has 2 rings (SSSR count). The maximum Gasteiger partial charge on any atom is 0.191 e. The van der Waals surface area contributed by atoms with Crippen molar-refractivity contribution < 1.29 is 0 Å². The number of rotatable bonds is 9. The average Bonchev–Trinajstić information content (AvgIpc) is 2.98. The summed E-state index contributed by atoms with van der Waals surface area (Å²) in [4.78, 5) is 7.97. The summed E-state index contributed by atoms with van der Waals surface area (Å²) in [5, 5.41) is 8.06. The molecule has 0 fully saturated rings. The van der Waals surface area contributed by atoms with Gasteiger partial charge in [-0.3, -0.25) is 4.99 Å². The molecule has 0 aliphatic heterocycles. The third-order valence-electron chi connectivity index (χ3n) is 3.73. The predicted molar refractivity (Wildman–Crippen MR) is 104 cm³/mol. The number of fused-ring (bicyclic) bond motifs is 1. The molecule has 0 saturated heterocycles. The summed E-state index contributed by atoms with van der Waals surface area (Å²) >= 11 is 1.90. The van der Waals surface area contributed by atoms with Crippen LogP contribution in [0.15, 0.2) is 35.5 Å². The molecule has 2 aromatic rings. The number of nitrogens with zero attached hydrogens (tertiary/aromatic N) is 1. The Morgan fingerprint density at radius 1 is 1.22 bits per heavy atom. The Balaban J connectivity index is 1.80. The van der Waals surface area contributed by atoms with Crippen molar-refractivity contribution in [2.75, 3.05) is 31.6 Å². The third kappa shape index (κ3) is 5.82. The lowest BCUT2D eigenvalue weighted by atomic mass is 10.1. The smallest absolute Gasteiger partial charge is 0.191 e. The number of aromatic nitrogens is 1. The fourth-order valence-corrected chi connectivity index (χ4v) is 3.04. The fraction of sp³-hybridized carbons (Fsp3) is 0.500. The van der Waals surface area contributed by atoms with Gasteiger partial charge in [0.25, 0.3) is 0 Å². The highest BCUT2D eigenvalue weighted by atomic mass is 32.2. The molecule has 0 spiro atoms. The molecule has 3 N–H and O–H groups in total. The molecule has 0 aliphatic carbocycles. The normalized spacial score (nSPS) is 11.8. The maximum absolute atomic E-state index is 4.64. The van der Waals surface area contributed by atoms with Crippen LogP contribution in [0.5, 0.6) is 0 Å². The first-order valence-electron chi connectivity index (χ1n) is 8.41. The second-order valence-electron chi connectivity index (χ2n) is 5.50. The number of aromatic amines is 1. The Morgan fingerprint density at radius 3 is 2.91 bits per heavy atom. The van der Waals surface area contributed by atoms with Crippen LogP contribution < -0.4 is 10.6 Å². The monoisotopic (exact) mass is 332 g/mol. The first-order chi connectivity index (χ1) is 11.3. The summed E-state index contributed by atoms with van der Waals surface area (Å²) in [5.74, 6) is 2.15. The van der Waals surface area contributed by atoms with E-state index in [0.717, 1.165) is 38.4 Å². The zero-order valence-electron chi connectivity index (χ0n) is 14.2. The van der Waals surface area contributed by atoms with E-state index in [-0.39, 0.29) is 0 Å². The van der Waals surface area contributed by atoms with E-state index in [4.69, 9.17) is 0 Å². The van der Waals surface area contributed by atoms with Gasteiger partial charge in [0, 0.05) is 36.7 Å². The van der Waals surface area contributed by atoms with Gasteiger partial charge in [-0.1, -0.05) is 18.2 Å². The van der Waals surface area contributed by atoms with Crippen LogP contribution in [0.3, 0.4) is 0 Å².